The second-order valence-corrected chi connectivity index (χ2v) is 9.63. The molecule has 0 bridgehead atoms. The third-order valence-corrected chi connectivity index (χ3v) is 6.99. The van der Waals surface area contributed by atoms with Gasteiger partial charge in [0.15, 0.2) is 11.6 Å². The highest BCUT2D eigenvalue weighted by Crippen LogP contribution is 2.41. The van der Waals surface area contributed by atoms with Crippen LogP contribution in [0.3, 0.4) is 0 Å². The highest BCUT2D eigenvalue weighted by atomic mass is 16.7. The first-order chi connectivity index (χ1) is 14.7. The van der Waals surface area contributed by atoms with E-state index in [-0.39, 0.29) is 11.6 Å². The first kappa shape index (κ1) is 24.2. The van der Waals surface area contributed by atoms with Crippen LogP contribution in [0.4, 0.5) is 0 Å². The third-order valence-electron chi connectivity index (χ3n) is 6.99. The van der Waals surface area contributed by atoms with Crippen LogP contribution in [0.2, 0.25) is 0 Å². The van der Waals surface area contributed by atoms with Crippen LogP contribution >= 0.6 is 0 Å². The van der Waals surface area contributed by atoms with Gasteiger partial charge in [-0.3, -0.25) is 0 Å². The summed E-state index contributed by atoms with van der Waals surface area (Å²) in [4.78, 5) is 0. The molecule has 4 heterocycles. The van der Waals surface area contributed by atoms with Crippen LogP contribution in [-0.4, -0.2) is 37.0 Å². The standard InChI is InChI=1S/C13H24O2.C13H22O2/c2*1-2-3-4-5-7-12-8-10-13(15-12)9-6-11-14-13/h12H,2-11H2,1H3;4-5,12H,2-3,6-11H2,1H3. The Morgan fingerprint density at radius 2 is 1.40 bits per heavy atom. The number of rotatable bonds is 9. The Morgan fingerprint density at radius 1 is 0.733 bits per heavy atom. The van der Waals surface area contributed by atoms with E-state index in [0.717, 1.165) is 51.7 Å². The second-order valence-electron chi connectivity index (χ2n) is 9.63. The van der Waals surface area contributed by atoms with E-state index < -0.39 is 0 Å². The molecule has 4 rings (SSSR count). The van der Waals surface area contributed by atoms with E-state index in [0.29, 0.717) is 12.2 Å². The van der Waals surface area contributed by atoms with Crippen molar-refractivity contribution in [2.75, 3.05) is 13.2 Å². The number of allylic oxidation sites excluding steroid dienone is 1. The minimum absolute atomic E-state index is 0.143. The van der Waals surface area contributed by atoms with Crippen molar-refractivity contribution in [3.8, 4) is 0 Å². The van der Waals surface area contributed by atoms with E-state index >= 15 is 0 Å². The smallest absolute Gasteiger partial charge is 0.168 e. The van der Waals surface area contributed by atoms with Crippen molar-refractivity contribution >= 4 is 0 Å². The molecule has 4 aliphatic rings. The molecule has 2 spiro atoms. The van der Waals surface area contributed by atoms with Gasteiger partial charge in [-0.25, -0.2) is 0 Å². The molecule has 0 amide bonds. The molecule has 0 saturated carbocycles. The Hall–Kier alpha value is -0.420. The fraction of sp³-hybridized carbons (Fsp3) is 0.923. The van der Waals surface area contributed by atoms with E-state index in [1.807, 2.05) is 0 Å². The van der Waals surface area contributed by atoms with Gasteiger partial charge < -0.3 is 18.9 Å². The van der Waals surface area contributed by atoms with Gasteiger partial charge in [-0.05, 0) is 44.9 Å². The van der Waals surface area contributed by atoms with E-state index in [2.05, 4.69) is 26.0 Å². The normalized spacial score (nSPS) is 35.7. The highest BCUT2D eigenvalue weighted by Gasteiger charge is 2.44. The zero-order valence-electron chi connectivity index (χ0n) is 19.7. The molecule has 4 aliphatic heterocycles. The maximum atomic E-state index is 6.07. The lowest BCUT2D eigenvalue weighted by molar-refractivity contribution is -0.199. The molecule has 4 saturated heterocycles. The minimum atomic E-state index is -0.177. The van der Waals surface area contributed by atoms with Crippen molar-refractivity contribution in [2.24, 2.45) is 0 Å². The summed E-state index contributed by atoms with van der Waals surface area (Å²) in [5.41, 5.74) is 0. The van der Waals surface area contributed by atoms with Crippen LogP contribution in [-0.2, 0) is 18.9 Å². The Morgan fingerprint density at radius 3 is 2.00 bits per heavy atom. The van der Waals surface area contributed by atoms with Crippen molar-refractivity contribution in [1.29, 1.82) is 0 Å². The van der Waals surface area contributed by atoms with Gasteiger partial charge in [0.2, 0.25) is 0 Å². The molecular weight excluding hydrogens is 376 g/mol. The lowest BCUT2D eigenvalue weighted by Crippen LogP contribution is -2.27. The molecule has 30 heavy (non-hydrogen) atoms. The molecule has 0 aromatic carbocycles. The molecule has 4 unspecified atom stereocenters. The van der Waals surface area contributed by atoms with Crippen LogP contribution in [0.1, 0.15) is 117 Å². The van der Waals surface area contributed by atoms with E-state index in [4.69, 9.17) is 18.9 Å². The van der Waals surface area contributed by atoms with Gasteiger partial charge in [-0.1, -0.05) is 58.1 Å². The van der Waals surface area contributed by atoms with Crippen LogP contribution in [0.15, 0.2) is 12.2 Å². The zero-order chi connectivity index (χ0) is 21.1. The van der Waals surface area contributed by atoms with Crippen LogP contribution < -0.4 is 0 Å². The molecule has 4 fully saturated rings. The molecule has 4 nitrogen and oxygen atoms in total. The van der Waals surface area contributed by atoms with Crippen molar-refractivity contribution < 1.29 is 18.9 Å². The van der Waals surface area contributed by atoms with Crippen LogP contribution in [0, 0.1) is 0 Å². The third kappa shape index (κ3) is 7.32. The fourth-order valence-electron chi connectivity index (χ4n) is 5.23. The SMILES string of the molecule is CCCC=CCC1CCC2(CCCO2)O1.CCCCCCC1CCC2(CCCO2)O1. The summed E-state index contributed by atoms with van der Waals surface area (Å²) in [7, 11) is 0. The van der Waals surface area contributed by atoms with Crippen LogP contribution in [0.5, 0.6) is 0 Å². The van der Waals surface area contributed by atoms with Gasteiger partial charge in [-0.15, -0.1) is 0 Å². The summed E-state index contributed by atoms with van der Waals surface area (Å²) >= 11 is 0. The summed E-state index contributed by atoms with van der Waals surface area (Å²) in [6, 6.07) is 0. The largest absolute Gasteiger partial charge is 0.350 e. The second kappa shape index (κ2) is 12.6. The monoisotopic (exact) mass is 422 g/mol. The number of hydrogen-bond acceptors (Lipinski definition) is 4. The predicted octanol–water partition coefficient (Wildman–Crippen LogP) is 7.06. The fourth-order valence-corrected chi connectivity index (χ4v) is 5.23. The maximum absolute atomic E-state index is 6.07. The molecule has 0 aliphatic carbocycles. The average Bonchev–Trinajstić information content (AvgIpc) is 3.56. The van der Waals surface area contributed by atoms with Crippen molar-refractivity contribution in [3.05, 3.63) is 12.2 Å². The van der Waals surface area contributed by atoms with Crippen LogP contribution in [0.25, 0.3) is 0 Å². The van der Waals surface area contributed by atoms with Gasteiger partial charge in [0.1, 0.15) is 0 Å². The lowest BCUT2D eigenvalue weighted by Gasteiger charge is -2.23. The summed E-state index contributed by atoms with van der Waals surface area (Å²) < 4.78 is 23.5. The molecule has 0 aromatic rings. The predicted molar refractivity (Wildman–Crippen MR) is 121 cm³/mol. The minimum Gasteiger partial charge on any atom is -0.350 e. The quantitative estimate of drug-likeness (QED) is 0.294. The van der Waals surface area contributed by atoms with Crippen molar-refractivity contribution in [2.45, 2.75) is 140 Å². The highest BCUT2D eigenvalue weighted by molar-refractivity contribution is 4.90. The Bertz CT molecular complexity index is 491. The zero-order valence-corrected chi connectivity index (χ0v) is 19.7. The molecule has 0 N–H and O–H groups in total. The number of unbranched alkanes of at least 4 members (excludes halogenated alkanes) is 4. The van der Waals surface area contributed by atoms with Gasteiger partial charge in [0, 0.05) is 25.7 Å². The van der Waals surface area contributed by atoms with Crippen molar-refractivity contribution in [3.63, 3.8) is 0 Å². The molecular formula is C26H46O4. The maximum Gasteiger partial charge on any atom is 0.168 e. The Balaban J connectivity index is 0.000000171. The molecule has 174 valence electrons. The van der Waals surface area contributed by atoms with Gasteiger partial charge in [-0.2, -0.15) is 0 Å². The molecule has 4 heteroatoms. The summed E-state index contributed by atoms with van der Waals surface area (Å²) in [6.45, 7) is 6.26. The molecule has 0 radical (unpaired) electrons. The molecule has 4 atom stereocenters. The topological polar surface area (TPSA) is 36.9 Å². The number of hydrogen-bond donors (Lipinski definition) is 0. The number of ether oxygens (including phenoxy) is 4. The van der Waals surface area contributed by atoms with Gasteiger partial charge in [0.05, 0.1) is 25.4 Å². The Labute approximate surface area is 185 Å². The van der Waals surface area contributed by atoms with Gasteiger partial charge in [0.25, 0.3) is 0 Å². The van der Waals surface area contributed by atoms with E-state index in [1.54, 1.807) is 0 Å². The Kier molecular flexibility index (Phi) is 10.2. The first-order valence-electron chi connectivity index (χ1n) is 13.0. The summed E-state index contributed by atoms with van der Waals surface area (Å²) in [5.74, 6) is -0.321. The first-order valence-corrected chi connectivity index (χ1v) is 13.0. The molecule has 0 aromatic heterocycles. The van der Waals surface area contributed by atoms with E-state index in [1.165, 1.54) is 64.2 Å². The lowest BCUT2D eigenvalue weighted by atomic mass is 10.1. The average molecular weight is 423 g/mol. The van der Waals surface area contributed by atoms with Gasteiger partial charge >= 0.3 is 0 Å². The van der Waals surface area contributed by atoms with E-state index in [9.17, 15) is 0 Å². The van der Waals surface area contributed by atoms with Crippen molar-refractivity contribution in [1.82, 2.24) is 0 Å². The summed E-state index contributed by atoms with van der Waals surface area (Å²) in [6.07, 6.45) is 24.7. The summed E-state index contributed by atoms with van der Waals surface area (Å²) in [5, 5.41) is 0.